The predicted octanol–water partition coefficient (Wildman–Crippen LogP) is 3.10. The van der Waals surface area contributed by atoms with Gasteiger partial charge in [0.2, 0.25) is 0 Å². The predicted molar refractivity (Wildman–Crippen MR) is 72.0 cm³/mol. The lowest BCUT2D eigenvalue weighted by Crippen LogP contribution is -2.58. The van der Waals surface area contributed by atoms with Crippen molar-refractivity contribution >= 4 is 0 Å². The van der Waals surface area contributed by atoms with E-state index >= 15 is 0 Å². The summed E-state index contributed by atoms with van der Waals surface area (Å²) in [5, 5.41) is 13.0. The smallest absolute Gasteiger partial charge is 0.0445 e. The summed E-state index contributed by atoms with van der Waals surface area (Å²) in [6, 6.07) is 1.24. The van der Waals surface area contributed by atoms with Gasteiger partial charge in [-0.05, 0) is 43.4 Å². The Labute approximate surface area is 106 Å². The van der Waals surface area contributed by atoms with E-state index in [1.807, 2.05) is 0 Å². The minimum absolute atomic E-state index is 0.315. The molecule has 0 aromatic heterocycles. The first-order valence-electron chi connectivity index (χ1n) is 7.55. The van der Waals surface area contributed by atoms with Crippen molar-refractivity contribution in [3.63, 3.8) is 0 Å². The van der Waals surface area contributed by atoms with Gasteiger partial charge in [-0.1, -0.05) is 33.1 Å². The first kappa shape index (κ1) is 13.4. The number of aliphatic hydroxyl groups is 1. The van der Waals surface area contributed by atoms with Crippen LogP contribution in [0.5, 0.6) is 0 Å². The van der Waals surface area contributed by atoms with E-state index < -0.39 is 0 Å². The third-order valence-corrected chi connectivity index (χ3v) is 5.18. The summed E-state index contributed by atoms with van der Waals surface area (Å²) in [6.45, 7) is 4.84. The van der Waals surface area contributed by atoms with E-state index in [1.54, 1.807) is 0 Å². The summed E-state index contributed by atoms with van der Waals surface area (Å²) >= 11 is 0. The van der Waals surface area contributed by atoms with Crippen molar-refractivity contribution in [1.82, 2.24) is 5.32 Å². The molecular weight excluding hydrogens is 210 g/mol. The fourth-order valence-electron chi connectivity index (χ4n) is 3.82. The molecule has 2 heteroatoms. The van der Waals surface area contributed by atoms with Crippen molar-refractivity contribution in [2.24, 2.45) is 11.3 Å². The van der Waals surface area contributed by atoms with E-state index in [4.69, 9.17) is 5.11 Å². The van der Waals surface area contributed by atoms with Gasteiger partial charge in [0.15, 0.2) is 0 Å². The summed E-state index contributed by atoms with van der Waals surface area (Å²) in [5.41, 5.74) is 0.640. The van der Waals surface area contributed by atoms with Gasteiger partial charge in [-0.2, -0.15) is 0 Å². The Bertz CT molecular complexity index is 233. The van der Waals surface area contributed by atoms with Crippen LogP contribution in [0, 0.1) is 11.3 Å². The highest BCUT2D eigenvalue weighted by Gasteiger charge is 2.47. The molecule has 2 fully saturated rings. The Morgan fingerprint density at radius 2 is 1.88 bits per heavy atom. The lowest BCUT2D eigenvalue weighted by molar-refractivity contribution is 0.0108. The fraction of sp³-hybridized carbons (Fsp3) is 1.00. The minimum Gasteiger partial charge on any atom is -0.396 e. The molecule has 2 aliphatic carbocycles. The van der Waals surface area contributed by atoms with Crippen LogP contribution >= 0.6 is 0 Å². The minimum atomic E-state index is 0.315. The molecular formula is C15H29NO. The van der Waals surface area contributed by atoms with Crippen LogP contribution in [0.2, 0.25) is 0 Å². The Morgan fingerprint density at radius 3 is 2.35 bits per heavy atom. The highest BCUT2D eigenvalue weighted by molar-refractivity contribution is 5.02. The Hall–Kier alpha value is -0.0800. The molecule has 0 radical (unpaired) electrons. The van der Waals surface area contributed by atoms with Gasteiger partial charge in [-0.15, -0.1) is 0 Å². The van der Waals surface area contributed by atoms with Crippen LogP contribution in [-0.4, -0.2) is 23.8 Å². The average Bonchev–Trinajstić information content (AvgIpc) is 2.33. The summed E-state index contributed by atoms with van der Waals surface area (Å²) in [4.78, 5) is 0. The van der Waals surface area contributed by atoms with Gasteiger partial charge in [0.1, 0.15) is 0 Å². The molecule has 2 atom stereocenters. The van der Waals surface area contributed by atoms with E-state index in [2.05, 4.69) is 19.2 Å². The van der Waals surface area contributed by atoms with Gasteiger partial charge < -0.3 is 10.4 Å². The molecule has 2 unspecified atom stereocenters. The van der Waals surface area contributed by atoms with Gasteiger partial charge in [0.05, 0.1) is 0 Å². The standard InChI is InChI=1S/C15H29NO/c1-12(2)13(7-11-17)16-14-6-10-15(14)8-4-3-5-9-15/h12-14,16-17H,3-11H2,1-2H3. The molecule has 0 heterocycles. The summed E-state index contributed by atoms with van der Waals surface area (Å²) in [5.74, 6) is 0.628. The summed E-state index contributed by atoms with van der Waals surface area (Å²) in [7, 11) is 0. The van der Waals surface area contributed by atoms with Crippen molar-refractivity contribution in [1.29, 1.82) is 0 Å². The maximum absolute atomic E-state index is 9.15. The fourth-order valence-corrected chi connectivity index (χ4v) is 3.82. The number of rotatable bonds is 5. The molecule has 2 nitrogen and oxygen atoms in total. The van der Waals surface area contributed by atoms with E-state index in [-0.39, 0.29) is 0 Å². The number of nitrogens with one attached hydrogen (secondary N) is 1. The lowest BCUT2D eigenvalue weighted by Gasteiger charge is -2.54. The average molecular weight is 239 g/mol. The molecule has 2 aliphatic rings. The van der Waals surface area contributed by atoms with Crippen molar-refractivity contribution in [3.05, 3.63) is 0 Å². The van der Waals surface area contributed by atoms with Gasteiger partial charge in [-0.25, -0.2) is 0 Å². The normalized spacial score (nSPS) is 29.3. The molecule has 2 saturated carbocycles. The Kier molecular flexibility index (Phi) is 4.48. The topological polar surface area (TPSA) is 32.3 Å². The number of aliphatic hydroxyl groups excluding tert-OH is 1. The maximum Gasteiger partial charge on any atom is 0.0445 e. The van der Waals surface area contributed by atoms with E-state index in [0.717, 1.165) is 12.5 Å². The molecule has 0 bridgehead atoms. The van der Waals surface area contributed by atoms with E-state index in [0.29, 0.717) is 24.0 Å². The van der Waals surface area contributed by atoms with Crippen molar-refractivity contribution in [2.75, 3.05) is 6.61 Å². The molecule has 0 aromatic rings. The van der Waals surface area contributed by atoms with Gasteiger partial charge in [0, 0.05) is 18.7 Å². The molecule has 1 spiro atoms. The van der Waals surface area contributed by atoms with Crippen LogP contribution in [0.1, 0.15) is 65.2 Å². The van der Waals surface area contributed by atoms with Crippen molar-refractivity contribution < 1.29 is 5.11 Å². The zero-order chi connectivity index (χ0) is 12.3. The second kappa shape index (κ2) is 5.71. The van der Waals surface area contributed by atoms with Crippen LogP contribution in [-0.2, 0) is 0 Å². The molecule has 0 aromatic carbocycles. The van der Waals surface area contributed by atoms with Crippen LogP contribution < -0.4 is 5.32 Å². The molecule has 0 saturated heterocycles. The highest BCUT2D eigenvalue weighted by atomic mass is 16.3. The second-order valence-electron chi connectivity index (χ2n) is 6.54. The third kappa shape index (κ3) is 2.85. The molecule has 0 aliphatic heterocycles. The molecule has 2 rings (SSSR count). The monoisotopic (exact) mass is 239 g/mol. The van der Waals surface area contributed by atoms with Gasteiger partial charge in [0.25, 0.3) is 0 Å². The van der Waals surface area contributed by atoms with Crippen LogP contribution in [0.3, 0.4) is 0 Å². The van der Waals surface area contributed by atoms with Crippen LogP contribution in [0.15, 0.2) is 0 Å². The van der Waals surface area contributed by atoms with E-state index in [1.165, 1.54) is 44.9 Å². The first-order chi connectivity index (χ1) is 8.18. The lowest BCUT2D eigenvalue weighted by atomic mass is 9.57. The zero-order valence-corrected chi connectivity index (χ0v) is 11.5. The second-order valence-corrected chi connectivity index (χ2v) is 6.54. The molecule has 2 N–H and O–H groups in total. The number of hydrogen-bond acceptors (Lipinski definition) is 2. The SMILES string of the molecule is CC(C)C(CCO)NC1CCC12CCCCC2. The Balaban J connectivity index is 1.89. The molecule has 17 heavy (non-hydrogen) atoms. The largest absolute Gasteiger partial charge is 0.396 e. The first-order valence-corrected chi connectivity index (χ1v) is 7.55. The quantitative estimate of drug-likeness (QED) is 0.772. The molecule has 100 valence electrons. The maximum atomic E-state index is 9.15. The highest BCUT2D eigenvalue weighted by Crippen LogP contribution is 2.51. The van der Waals surface area contributed by atoms with Crippen LogP contribution in [0.25, 0.3) is 0 Å². The zero-order valence-electron chi connectivity index (χ0n) is 11.5. The van der Waals surface area contributed by atoms with E-state index in [9.17, 15) is 0 Å². The molecule has 0 amide bonds. The van der Waals surface area contributed by atoms with Crippen molar-refractivity contribution in [2.45, 2.75) is 77.3 Å². The Morgan fingerprint density at radius 1 is 1.18 bits per heavy atom. The summed E-state index contributed by atoms with van der Waals surface area (Å²) < 4.78 is 0. The third-order valence-electron chi connectivity index (χ3n) is 5.18. The van der Waals surface area contributed by atoms with Crippen molar-refractivity contribution in [3.8, 4) is 0 Å². The summed E-state index contributed by atoms with van der Waals surface area (Å²) in [6.07, 6.45) is 10.9. The van der Waals surface area contributed by atoms with Gasteiger partial charge >= 0.3 is 0 Å². The van der Waals surface area contributed by atoms with Crippen LogP contribution in [0.4, 0.5) is 0 Å². The van der Waals surface area contributed by atoms with Gasteiger partial charge in [-0.3, -0.25) is 0 Å². The number of hydrogen-bond donors (Lipinski definition) is 2.